The van der Waals surface area contributed by atoms with Crippen LogP contribution < -0.4 is 0 Å². The van der Waals surface area contributed by atoms with Gasteiger partial charge in [0, 0.05) is 12.4 Å². The Labute approximate surface area is 50.4 Å². The zero-order valence-electron chi connectivity index (χ0n) is 3.96. The fourth-order valence-electron chi connectivity index (χ4n) is 0.563. The number of thiazole rings is 1. The Kier molecular flexibility index (Phi) is 0.676. The molecule has 0 saturated carbocycles. The summed E-state index contributed by atoms with van der Waals surface area (Å²) in [5.41, 5.74) is 0. The number of hydrogen-bond donors (Lipinski definition) is 0. The van der Waals surface area contributed by atoms with Crippen LogP contribution in [0.3, 0.4) is 0 Å². The zero-order valence-corrected chi connectivity index (χ0v) is 4.77. The largest absolute Gasteiger partial charge is 0.296 e. The molecule has 0 aliphatic carbocycles. The van der Waals surface area contributed by atoms with E-state index in [2.05, 4.69) is 16.6 Å². The minimum atomic E-state index is 0.949. The van der Waals surface area contributed by atoms with Crippen LogP contribution in [0, 0.1) is 11.6 Å². The van der Waals surface area contributed by atoms with E-state index in [0.717, 1.165) is 4.96 Å². The van der Waals surface area contributed by atoms with Crippen LogP contribution in [-0.4, -0.2) is 9.38 Å². The smallest absolute Gasteiger partial charge is 0.194 e. The fourth-order valence-corrected chi connectivity index (χ4v) is 1.14. The van der Waals surface area contributed by atoms with Crippen LogP contribution in [-0.2, 0) is 0 Å². The molecule has 2 rings (SSSR count). The van der Waals surface area contributed by atoms with Crippen LogP contribution in [0.15, 0.2) is 12.4 Å². The van der Waals surface area contributed by atoms with Gasteiger partial charge in [-0.25, -0.2) is 4.98 Å². The second kappa shape index (κ2) is 1.32. The van der Waals surface area contributed by atoms with Crippen molar-refractivity contribution in [1.82, 2.24) is 9.38 Å². The highest BCUT2D eigenvalue weighted by atomic mass is 32.1. The lowest BCUT2D eigenvalue weighted by Crippen LogP contribution is -1.66. The van der Waals surface area contributed by atoms with Crippen molar-refractivity contribution in [3.63, 3.8) is 0 Å². The van der Waals surface area contributed by atoms with Gasteiger partial charge in [-0.3, -0.25) is 4.40 Å². The molecular weight excluding hydrogens is 120 g/mol. The second-order valence-electron chi connectivity index (χ2n) is 1.41. The van der Waals surface area contributed by atoms with Gasteiger partial charge in [0.25, 0.3) is 0 Å². The van der Waals surface area contributed by atoms with Crippen LogP contribution in [0.4, 0.5) is 0 Å². The third-order valence-corrected chi connectivity index (χ3v) is 1.63. The summed E-state index contributed by atoms with van der Waals surface area (Å²) >= 11 is 1.49. The molecule has 0 fully saturated rings. The van der Waals surface area contributed by atoms with Crippen molar-refractivity contribution in [2.75, 3.05) is 0 Å². The van der Waals surface area contributed by atoms with Crippen LogP contribution in [0.1, 0.15) is 0 Å². The summed E-state index contributed by atoms with van der Waals surface area (Å²) in [6, 6.07) is 0. The Bertz CT molecular complexity index is 232. The molecule has 0 bridgehead atoms. The zero-order chi connectivity index (χ0) is 5.40. The fraction of sp³-hybridized carbons (Fsp3) is 0. The number of nitrogens with zero attached hydrogens (tertiary/aromatic N) is 2. The maximum absolute atomic E-state index is 3.90. The van der Waals surface area contributed by atoms with Gasteiger partial charge in [-0.1, -0.05) is 11.3 Å². The second-order valence-corrected chi connectivity index (χ2v) is 2.21. The molecule has 0 aliphatic rings. The summed E-state index contributed by atoms with van der Waals surface area (Å²) in [5.74, 6) is 0. The maximum atomic E-state index is 3.90. The first-order valence-corrected chi connectivity index (χ1v) is 2.99. The van der Waals surface area contributed by atoms with Gasteiger partial charge in [0.1, 0.15) is 6.20 Å². The molecule has 2 aromatic rings. The van der Waals surface area contributed by atoms with Crippen LogP contribution in [0.2, 0.25) is 0 Å². The van der Waals surface area contributed by atoms with Crippen molar-refractivity contribution in [3.05, 3.63) is 24.0 Å². The lowest BCUT2D eigenvalue weighted by molar-refractivity contribution is 1.23. The molecule has 2 heterocycles. The summed E-state index contributed by atoms with van der Waals surface area (Å²) in [4.78, 5) is 4.85. The molecule has 0 saturated heterocycles. The minimum absolute atomic E-state index is 0.949. The number of hydrogen-bond acceptors (Lipinski definition) is 2. The summed E-state index contributed by atoms with van der Waals surface area (Å²) in [5, 5.41) is 2.94. The van der Waals surface area contributed by atoms with E-state index in [9.17, 15) is 0 Å². The highest BCUT2D eigenvalue weighted by Crippen LogP contribution is 2.05. The predicted octanol–water partition coefficient (Wildman–Crippen LogP) is 0.996. The summed E-state index contributed by atoms with van der Waals surface area (Å²) in [6.45, 7) is 0. The lowest BCUT2D eigenvalue weighted by atomic mass is 10.9. The first-order valence-electron chi connectivity index (χ1n) is 2.17. The standard InChI is InChI=1S/C5H2N2S/c1-2-7-3-4-8-5(7)6-1/h2-3H. The van der Waals surface area contributed by atoms with E-state index >= 15 is 0 Å². The monoisotopic (exact) mass is 122 g/mol. The SMILES string of the molecule is [c]1cn2c[c]sc2n1. The van der Waals surface area contributed by atoms with Gasteiger partial charge in [-0.2, -0.15) is 0 Å². The molecule has 38 valence electrons. The molecule has 0 aliphatic heterocycles. The Morgan fingerprint density at radius 1 is 1.62 bits per heavy atom. The Hall–Kier alpha value is -0.830. The molecule has 0 unspecified atom stereocenters. The average molecular weight is 122 g/mol. The van der Waals surface area contributed by atoms with Crippen molar-refractivity contribution in [1.29, 1.82) is 0 Å². The van der Waals surface area contributed by atoms with E-state index in [1.165, 1.54) is 11.3 Å². The van der Waals surface area contributed by atoms with E-state index in [1.54, 1.807) is 6.20 Å². The molecule has 0 N–H and O–H groups in total. The molecule has 2 radical (unpaired) electrons. The maximum Gasteiger partial charge on any atom is 0.194 e. The van der Waals surface area contributed by atoms with Gasteiger partial charge >= 0.3 is 0 Å². The van der Waals surface area contributed by atoms with Gasteiger partial charge in [0.05, 0.1) is 5.38 Å². The molecule has 0 spiro atoms. The van der Waals surface area contributed by atoms with Gasteiger partial charge in [0.15, 0.2) is 4.96 Å². The van der Waals surface area contributed by atoms with Crippen molar-refractivity contribution in [2.24, 2.45) is 0 Å². The topological polar surface area (TPSA) is 17.3 Å². The van der Waals surface area contributed by atoms with E-state index in [-0.39, 0.29) is 0 Å². The number of fused-ring (bicyclic) bond motifs is 1. The Morgan fingerprint density at radius 3 is 3.50 bits per heavy atom. The number of imidazole rings is 1. The van der Waals surface area contributed by atoms with E-state index in [1.807, 2.05) is 10.6 Å². The first kappa shape index (κ1) is 4.09. The molecule has 2 aromatic heterocycles. The number of rotatable bonds is 0. The molecule has 2 nitrogen and oxygen atoms in total. The first-order chi connectivity index (χ1) is 3.97. The molecule has 0 aromatic carbocycles. The Balaban J connectivity index is 3.06. The molecule has 3 heteroatoms. The van der Waals surface area contributed by atoms with Gasteiger partial charge in [-0.05, 0) is 0 Å². The Morgan fingerprint density at radius 2 is 2.62 bits per heavy atom. The van der Waals surface area contributed by atoms with Gasteiger partial charge < -0.3 is 0 Å². The van der Waals surface area contributed by atoms with E-state index < -0.39 is 0 Å². The van der Waals surface area contributed by atoms with Crippen LogP contribution >= 0.6 is 11.3 Å². The van der Waals surface area contributed by atoms with E-state index in [0.29, 0.717) is 0 Å². The number of aromatic nitrogens is 2. The third-order valence-electron chi connectivity index (χ3n) is 0.920. The van der Waals surface area contributed by atoms with Gasteiger partial charge in [0.2, 0.25) is 0 Å². The molecule has 0 amide bonds. The van der Waals surface area contributed by atoms with Crippen molar-refractivity contribution in [3.8, 4) is 0 Å². The minimum Gasteiger partial charge on any atom is -0.296 e. The normalized spacial score (nSPS) is 10.5. The average Bonchev–Trinajstić information content (AvgIpc) is 2.15. The van der Waals surface area contributed by atoms with E-state index in [4.69, 9.17) is 0 Å². The van der Waals surface area contributed by atoms with Crippen LogP contribution in [0.25, 0.3) is 4.96 Å². The molecule has 8 heavy (non-hydrogen) atoms. The van der Waals surface area contributed by atoms with Crippen LogP contribution in [0.5, 0.6) is 0 Å². The van der Waals surface area contributed by atoms with Gasteiger partial charge in [-0.15, -0.1) is 0 Å². The summed E-state index contributed by atoms with van der Waals surface area (Å²) in [7, 11) is 0. The quantitative estimate of drug-likeness (QED) is 0.509. The van der Waals surface area contributed by atoms with Crippen molar-refractivity contribution < 1.29 is 0 Å². The molecule has 0 atom stereocenters. The lowest BCUT2D eigenvalue weighted by Gasteiger charge is -1.71. The summed E-state index contributed by atoms with van der Waals surface area (Å²) in [6.07, 6.45) is 6.34. The highest BCUT2D eigenvalue weighted by molar-refractivity contribution is 7.14. The third kappa shape index (κ3) is 0.391. The van der Waals surface area contributed by atoms with Crippen molar-refractivity contribution in [2.45, 2.75) is 0 Å². The summed E-state index contributed by atoms with van der Waals surface area (Å²) < 4.78 is 1.88. The predicted molar refractivity (Wildman–Crippen MR) is 30.7 cm³/mol. The molecular formula is C5H2N2S. The van der Waals surface area contributed by atoms with Crippen molar-refractivity contribution >= 4 is 16.3 Å². The highest BCUT2D eigenvalue weighted by Gasteiger charge is 1.89.